The molecule has 0 unspecified atom stereocenters. The number of nitrogens with one attached hydrogen (secondary N) is 1. The van der Waals surface area contributed by atoms with Crippen LogP contribution in [0.25, 0.3) is 0 Å². The molecule has 0 atom stereocenters. The Morgan fingerprint density at radius 2 is 1.62 bits per heavy atom. The van der Waals surface area contributed by atoms with Crippen molar-refractivity contribution in [1.29, 1.82) is 0 Å². The topological polar surface area (TPSA) is 24.4 Å². The molecule has 2 aromatic rings. The Balaban J connectivity index is 1.81. The molecule has 2 nitrogen and oxygen atoms in total. The fourth-order valence-electron chi connectivity index (χ4n) is 1.58. The average molecular weight is 317 g/mol. The van der Waals surface area contributed by atoms with E-state index >= 15 is 0 Å². The number of nitrogens with zero attached hydrogens (tertiary/aromatic N) is 1. The highest BCUT2D eigenvalue weighted by Crippen LogP contribution is 2.17. The van der Waals surface area contributed by atoms with Gasteiger partial charge >= 0.3 is 0 Å². The van der Waals surface area contributed by atoms with Gasteiger partial charge in [-0.05, 0) is 48.6 Å². The maximum atomic E-state index is 5.89. The highest BCUT2D eigenvalue weighted by molar-refractivity contribution is 6.31. The van der Waals surface area contributed by atoms with E-state index in [1.807, 2.05) is 73.0 Å². The molecule has 0 aliphatic rings. The first-order valence-electron chi connectivity index (χ1n) is 6.37. The van der Waals surface area contributed by atoms with E-state index < -0.39 is 0 Å². The van der Waals surface area contributed by atoms with Crippen LogP contribution in [-0.2, 0) is 0 Å². The minimum atomic E-state index is 0.680. The van der Waals surface area contributed by atoms with Crippen LogP contribution < -0.4 is 5.32 Å². The van der Waals surface area contributed by atoms with Crippen molar-refractivity contribution in [2.45, 2.75) is 0 Å². The van der Waals surface area contributed by atoms with E-state index in [1.165, 1.54) is 0 Å². The molecular weight excluding hydrogens is 303 g/mol. The van der Waals surface area contributed by atoms with Crippen molar-refractivity contribution in [1.82, 2.24) is 0 Å². The second kappa shape index (κ2) is 8.30. The zero-order valence-electron chi connectivity index (χ0n) is 11.2. The van der Waals surface area contributed by atoms with E-state index in [2.05, 4.69) is 10.3 Å². The molecule has 2 rings (SSSR count). The van der Waals surface area contributed by atoms with Crippen LogP contribution in [0.4, 0.5) is 11.4 Å². The Bertz CT molecular complexity index is 676. The van der Waals surface area contributed by atoms with Gasteiger partial charge in [0.05, 0.1) is 5.69 Å². The summed E-state index contributed by atoms with van der Waals surface area (Å²) < 4.78 is 0. The van der Waals surface area contributed by atoms with Crippen LogP contribution in [0.2, 0.25) is 10.0 Å². The van der Waals surface area contributed by atoms with Crippen LogP contribution >= 0.6 is 23.2 Å². The van der Waals surface area contributed by atoms with Crippen LogP contribution in [-0.4, -0.2) is 6.21 Å². The number of rotatable bonds is 5. The summed E-state index contributed by atoms with van der Waals surface area (Å²) in [5.41, 5.74) is 1.77. The van der Waals surface area contributed by atoms with Crippen molar-refractivity contribution in [3.8, 4) is 0 Å². The lowest BCUT2D eigenvalue weighted by Gasteiger charge is -1.99. The quantitative estimate of drug-likeness (QED) is 0.540. The molecule has 106 valence electrons. The summed E-state index contributed by atoms with van der Waals surface area (Å²) in [5, 5.41) is 4.51. The average Bonchev–Trinajstić information content (AvgIpc) is 2.46. The number of anilines is 1. The first-order valence-corrected chi connectivity index (χ1v) is 7.13. The molecule has 0 fully saturated rings. The van der Waals surface area contributed by atoms with Gasteiger partial charge in [-0.25, -0.2) is 0 Å². The third kappa shape index (κ3) is 5.86. The molecule has 1 N–H and O–H groups in total. The fourth-order valence-corrected chi connectivity index (χ4v) is 1.95. The Hall–Kier alpha value is -2.03. The van der Waals surface area contributed by atoms with Gasteiger partial charge in [-0.2, -0.15) is 0 Å². The van der Waals surface area contributed by atoms with Crippen molar-refractivity contribution in [2.24, 2.45) is 4.99 Å². The Morgan fingerprint density at radius 1 is 0.857 bits per heavy atom. The molecule has 0 heterocycles. The van der Waals surface area contributed by atoms with E-state index in [0.29, 0.717) is 10.0 Å². The van der Waals surface area contributed by atoms with E-state index in [0.717, 1.165) is 11.4 Å². The Kier molecular flexibility index (Phi) is 6.07. The molecule has 0 radical (unpaired) electrons. The van der Waals surface area contributed by atoms with Gasteiger partial charge in [-0.1, -0.05) is 41.4 Å². The zero-order valence-corrected chi connectivity index (χ0v) is 12.7. The molecule has 0 saturated heterocycles. The van der Waals surface area contributed by atoms with Gasteiger partial charge in [0.15, 0.2) is 0 Å². The van der Waals surface area contributed by atoms with Gasteiger partial charge in [0.25, 0.3) is 0 Å². The van der Waals surface area contributed by atoms with Crippen molar-refractivity contribution in [3.05, 3.63) is 83.0 Å². The number of halogens is 2. The van der Waals surface area contributed by atoms with Gasteiger partial charge in [-0.3, -0.25) is 4.99 Å². The highest BCUT2D eigenvalue weighted by Gasteiger charge is 1.89. The second-order valence-corrected chi connectivity index (χ2v) is 5.03. The van der Waals surface area contributed by atoms with Gasteiger partial charge in [0.1, 0.15) is 0 Å². The predicted octanol–water partition coefficient (Wildman–Crippen LogP) is 5.88. The molecule has 0 bridgehead atoms. The predicted molar refractivity (Wildman–Crippen MR) is 93.0 cm³/mol. The van der Waals surface area contributed by atoms with Crippen molar-refractivity contribution in [3.63, 3.8) is 0 Å². The molecule has 0 aromatic heterocycles. The summed E-state index contributed by atoms with van der Waals surface area (Å²) in [6.07, 6.45) is 9.15. The summed E-state index contributed by atoms with van der Waals surface area (Å²) in [6.45, 7) is 0. The lowest BCUT2D eigenvalue weighted by atomic mass is 10.3. The number of hydrogen-bond donors (Lipinski definition) is 1. The first-order chi connectivity index (χ1) is 10.2. The zero-order chi connectivity index (χ0) is 14.9. The summed E-state index contributed by atoms with van der Waals surface area (Å²) in [5.74, 6) is 0. The summed E-state index contributed by atoms with van der Waals surface area (Å²) in [6, 6.07) is 14.9. The maximum absolute atomic E-state index is 5.89. The third-order valence-corrected chi connectivity index (χ3v) is 2.98. The van der Waals surface area contributed by atoms with Crippen LogP contribution in [0.15, 0.2) is 78.0 Å². The van der Waals surface area contributed by atoms with Gasteiger partial charge in [0, 0.05) is 28.1 Å². The first kappa shape index (κ1) is 15.4. The molecule has 4 heteroatoms. The lowest BCUT2D eigenvalue weighted by Crippen LogP contribution is -1.85. The maximum Gasteiger partial charge on any atom is 0.0644 e. The van der Waals surface area contributed by atoms with Crippen molar-refractivity contribution < 1.29 is 0 Å². The standard InChI is InChI=1S/C17H14Cl2N2/c18-14-6-4-8-16(12-14)20-10-2-1-3-11-21-17-9-5-7-15(19)13-17/h1-13,20H/b3-1+,10-2+,21-11?. The molecule has 0 amide bonds. The van der Waals surface area contributed by atoms with Crippen LogP contribution in [0.3, 0.4) is 0 Å². The minimum absolute atomic E-state index is 0.680. The Morgan fingerprint density at radius 3 is 2.38 bits per heavy atom. The van der Waals surface area contributed by atoms with E-state index in [1.54, 1.807) is 6.21 Å². The van der Waals surface area contributed by atoms with Gasteiger partial charge < -0.3 is 5.32 Å². The van der Waals surface area contributed by atoms with E-state index in [9.17, 15) is 0 Å². The highest BCUT2D eigenvalue weighted by atomic mass is 35.5. The molecular formula is C17H14Cl2N2. The third-order valence-electron chi connectivity index (χ3n) is 2.51. The van der Waals surface area contributed by atoms with Crippen molar-refractivity contribution in [2.75, 3.05) is 5.32 Å². The number of hydrogen-bond acceptors (Lipinski definition) is 2. The molecule has 2 aromatic carbocycles. The largest absolute Gasteiger partial charge is 0.362 e. The number of allylic oxidation sites excluding steroid dienone is 3. The van der Waals surface area contributed by atoms with Gasteiger partial charge in [-0.15, -0.1) is 0 Å². The van der Waals surface area contributed by atoms with E-state index in [4.69, 9.17) is 23.2 Å². The molecule has 0 aliphatic carbocycles. The molecule has 21 heavy (non-hydrogen) atoms. The van der Waals surface area contributed by atoms with E-state index in [-0.39, 0.29) is 0 Å². The molecule has 0 spiro atoms. The SMILES string of the molecule is Clc1cccc(N=C/C=C/C=C/Nc2cccc(Cl)c2)c1. The smallest absolute Gasteiger partial charge is 0.0644 e. The van der Waals surface area contributed by atoms with Gasteiger partial charge in [0.2, 0.25) is 0 Å². The summed E-state index contributed by atoms with van der Waals surface area (Å²) in [4.78, 5) is 4.27. The second-order valence-electron chi connectivity index (χ2n) is 4.16. The normalized spacial score (nSPS) is 11.7. The lowest BCUT2D eigenvalue weighted by molar-refractivity contribution is 1.54. The fraction of sp³-hybridized carbons (Fsp3) is 0. The van der Waals surface area contributed by atoms with Crippen LogP contribution in [0, 0.1) is 0 Å². The summed E-state index contributed by atoms with van der Waals surface area (Å²) >= 11 is 11.8. The Labute approximate surface area is 134 Å². The minimum Gasteiger partial charge on any atom is -0.362 e. The van der Waals surface area contributed by atoms with Crippen molar-refractivity contribution >= 4 is 40.8 Å². The van der Waals surface area contributed by atoms with Crippen LogP contribution in [0.5, 0.6) is 0 Å². The van der Waals surface area contributed by atoms with Crippen LogP contribution in [0.1, 0.15) is 0 Å². The molecule has 0 aliphatic heterocycles. The number of aliphatic imine (C=N–C) groups is 1. The molecule has 0 saturated carbocycles. The monoisotopic (exact) mass is 316 g/mol. The number of benzene rings is 2. The summed E-state index contributed by atoms with van der Waals surface area (Å²) in [7, 11) is 0.